The van der Waals surface area contributed by atoms with Crippen molar-refractivity contribution in [3.63, 3.8) is 0 Å². The van der Waals surface area contributed by atoms with Crippen LogP contribution in [0.25, 0.3) is 10.9 Å². The third-order valence-electron chi connectivity index (χ3n) is 3.96. The van der Waals surface area contributed by atoms with Crippen molar-refractivity contribution in [2.24, 2.45) is 5.92 Å². The van der Waals surface area contributed by atoms with Crippen molar-refractivity contribution in [3.8, 4) is 0 Å². The van der Waals surface area contributed by atoms with Crippen LogP contribution in [0, 0.1) is 5.92 Å². The number of aromatic amines is 1. The maximum atomic E-state index is 12.3. The molecule has 0 spiro atoms. The molecular weight excluding hydrogens is 242 g/mol. The van der Waals surface area contributed by atoms with Crippen molar-refractivity contribution >= 4 is 16.8 Å². The van der Waals surface area contributed by atoms with E-state index in [-0.39, 0.29) is 11.8 Å². The van der Waals surface area contributed by atoms with E-state index in [0.29, 0.717) is 18.8 Å². The second-order valence-corrected chi connectivity index (χ2v) is 5.54. The van der Waals surface area contributed by atoms with E-state index in [9.17, 15) is 9.90 Å². The van der Waals surface area contributed by atoms with E-state index in [1.807, 2.05) is 38.1 Å². The number of benzene rings is 1. The molecule has 5 nitrogen and oxygen atoms in total. The zero-order chi connectivity index (χ0) is 13.6. The number of hydrogen-bond donors (Lipinski definition) is 2. The van der Waals surface area contributed by atoms with Crippen molar-refractivity contribution < 1.29 is 9.90 Å². The third kappa shape index (κ3) is 1.81. The molecule has 0 radical (unpaired) electrons. The first kappa shape index (κ1) is 12.2. The standard InChI is InChI=1S/C14H17N3O2/c1-9(2)14(19)7-17(8-14)13(18)12-10-5-3-4-6-11(10)15-16-12/h3-6,9,19H,7-8H2,1-2H3,(H,15,16). The number of β-amino-alcohol motifs (C(OH)–C–C–N with tert-alkyl or cyclic N) is 1. The quantitative estimate of drug-likeness (QED) is 0.856. The summed E-state index contributed by atoms with van der Waals surface area (Å²) in [7, 11) is 0. The summed E-state index contributed by atoms with van der Waals surface area (Å²) in [5.41, 5.74) is 0.536. The van der Waals surface area contributed by atoms with E-state index >= 15 is 0 Å². The molecule has 1 fully saturated rings. The smallest absolute Gasteiger partial charge is 0.275 e. The molecule has 5 heteroatoms. The maximum absolute atomic E-state index is 12.3. The van der Waals surface area contributed by atoms with Crippen LogP contribution >= 0.6 is 0 Å². The predicted octanol–water partition coefficient (Wildman–Crippen LogP) is 1.41. The van der Waals surface area contributed by atoms with Gasteiger partial charge in [0.25, 0.3) is 5.91 Å². The minimum absolute atomic E-state index is 0.122. The maximum Gasteiger partial charge on any atom is 0.275 e. The Bertz CT molecular complexity index is 626. The zero-order valence-electron chi connectivity index (χ0n) is 11.1. The lowest BCUT2D eigenvalue weighted by molar-refractivity contribution is -0.111. The number of rotatable bonds is 2. The predicted molar refractivity (Wildman–Crippen MR) is 71.8 cm³/mol. The fourth-order valence-electron chi connectivity index (χ4n) is 2.40. The summed E-state index contributed by atoms with van der Waals surface area (Å²) in [6.45, 7) is 4.69. The third-order valence-corrected chi connectivity index (χ3v) is 3.96. The lowest BCUT2D eigenvalue weighted by atomic mass is 9.83. The number of amides is 1. The van der Waals surface area contributed by atoms with Crippen LogP contribution in [-0.4, -0.2) is 44.8 Å². The average molecular weight is 259 g/mol. The van der Waals surface area contributed by atoms with Gasteiger partial charge in [-0.2, -0.15) is 5.10 Å². The summed E-state index contributed by atoms with van der Waals surface area (Å²) in [4.78, 5) is 14.0. The number of nitrogens with zero attached hydrogens (tertiary/aromatic N) is 2. The molecule has 0 aliphatic carbocycles. The molecule has 0 unspecified atom stereocenters. The number of H-pyrrole nitrogens is 1. The molecule has 1 aromatic heterocycles. The summed E-state index contributed by atoms with van der Waals surface area (Å²) in [6.07, 6.45) is 0. The van der Waals surface area contributed by atoms with Gasteiger partial charge in [-0.1, -0.05) is 32.0 Å². The molecule has 19 heavy (non-hydrogen) atoms. The van der Waals surface area contributed by atoms with E-state index in [4.69, 9.17) is 0 Å². The number of carbonyl (C=O) groups is 1. The fourth-order valence-corrected chi connectivity index (χ4v) is 2.40. The van der Waals surface area contributed by atoms with Gasteiger partial charge in [-0.3, -0.25) is 9.89 Å². The van der Waals surface area contributed by atoms with E-state index in [0.717, 1.165) is 10.9 Å². The number of likely N-dealkylation sites (tertiary alicyclic amines) is 1. The fraction of sp³-hybridized carbons (Fsp3) is 0.429. The Hall–Kier alpha value is -1.88. The van der Waals surface area contributed by atoms with E-state index in [1.165, 1.54) is 0 Å². The van der Waals surface area contributed by atoms with Crippen molar-refractivity contribution in [1.29, 1.82) is 0 Å². The first-order chi connectivity index (χ1) is 9.01. The van der Waals surface area contributed by atoms with E-state index in [2.05, 4.69) is 10.2 Å². The largest absolute Gasteiger partial charge is 0.386 e. The van der Waals surface area contributed by atoms with E-state index < -0.39 is 5.60 Å². The highest BCUT2D eigenvalue weighted by atomic mass is 16.3. The molecule has 1 amide bonds. The molecular formula is C14H17N3O2. The summed E-state index contributed by atoms with van der Waals surface area (Å²) < 4.78 is 0. The number of para-hydroxylation sites is 1. The molecule has 1 aliphatic rings. The molecule has 100 valence electrons. The number of nitrogens with one attached hydrogen (secondary N) is 1. The van der Waals surface area contributed by atoms with Gasteiger partial charge < -0.3 is 10.0 Å². The van der Waals surface area contributed by atoms with Gasteiger partial charge >= 0.3 is 0 Å². The average Bonchev–Trinajstić information content (AvgIpc) is 2.77. The molecule has 0 atom stereocenters. The normalized spacial score (nSPS) is 17.8. The minimum Gasteiger partial charge on any atom is -0.386 e. The SMILES string of the molecule is CC(C)C1(O)CN(C(=O)c2n[nH]c3ccccc23)C1. The summed E-state index contributed by atoms with van der Waals surface area (Å²) in [5, 5.41) is 18.0. The molecule has 3 rings (SSSR count). The highest BCUT2D eigenvalue weighted by Gasteiger charge is 2.46. The highest BCUT2D eigenvalue weighted by Crippen LogP contribution is 2.30. The first-order valence-electron chi connectivity index (χ1n) is 6.46. The Balaban J connectivity index is 1.83. The Morgan fingerprint density at radius 3 is 2.79 bits per heavy atom. The first-order valence-corrected chi connectivity index (χ1v) is 6.46. The lowest BCUT2D eigenvalue weighted by Crippen LogP contribution is -2.66. The number of hydrogen-bond acceptors (Lipinski definition) is 3. The summed E-state index contributed by atoms with van der Waals surface area (Å²) in [5.74, 6) is 0.0234. The van der Waals surface area contributed by atoms with Crippen molar-refractivity contribution in [1.82, 2.24) is 15.1 Å². The molecule has 0 bridgehead atoms. The van der Waals surface area contributed by atoms with Crippen LogP contribution in [0.15, 0.2) is 24.3 Å². The van der Waals surface area contributed by atoms with Crippen molar-refractivity contribution in [3.05, 3.63) is 30.0 Å². The topological polar surface area (TPSA) is 69.2 Å². The van der Waals surface area contributed by atoms with Gasteiger partial charge in [0.15, 0.2) is 5.69 Å². The zero-order valence-corrected chi connectivity index (χ0v) is 11.1. The van der Waals surface area contributed by atoms with Gasteiger partial charge in [0.05, 0.1) is 18.6 Å². The van der Waals surface area contributed by atoms with Crippen LogP contribution in [0.4, 0.5) is 0 Å². The van der Waals surface area contributed by atoms with Crippen LogP contribution in [-0.2, 0) is 0 Å². The molecule has 1 aromatic carbocycles. The molecule has 1 aliphatic heterocycles. The second-order valence-electron chi connectivity index (χ2n) is 5.54. The Kier molecular flexibility index (Phi) is 2.60. The van der Waals surface area contributed by atoms with Crippen molar-refractivity contribution in [2.75, 3.05) is 13.1 Å². The molecule has 2 heterocycles. The van der Waals surface area contributed by atoms with Gasteiger partial charge in [-0.05, 0) is 12.0 Å². The van der Waals surface area contributed by atoms with Crippen molar-refractivity contribution in [2.45, 2.75) is 19.4 Å². The number of fused-ring (bicyclic) bond motifs is 1. The molecule has 2 aromatic rings. The minimum atomic E-state index is -0.748. The molecule has 0 saturated carbocycles. The number of aliphatic hydroxyl groups is 1. The van der Waals surface area contributed by atoms with Crippen LogP contribution in [0.5, 0.6) is 0 Å². The highest BCUT2D eigenvalue weighted by molar-refractivity contribution is 6.05. The number of carbonyl (C=O) groups excluding carboxylic acids is 1. The second kappa shape index (κ2) is 4.06. The van der Waals surface area contributed by atoms with Gasteiger partial charge in [0, 0.05) is 5.39 Å². The van der Waals surface area contributed by atoms with Gasteiger partial charge in [-0.15, -0.1) is 0 Å². The van der Waals surface area contributed by atoms with Gasteiger partial charge in [-0.25, -0.2) is 0 Å². The molecule has 2 N–H and O–H groups in total. The van der Waals surface area contributed by atoms with Gasteiger partial charge in [0.1, 0.15) is 5.60 Å². The monoisotopic (exact) mass is 259 g/mol. The van der Waals surface area contributed by atoms with Crippen LogP contribution in [0.3, 0.4) is 0 Å². The van der Waals surface area contributed by atoms with Crippen LogP contribution in [0.1, 0.15) is 24.3 Å². The Labute approximate surface area is 111 Å². The Morgan fingerprint density at radius 2 is 2.11 bits per heavy atom. The van der Waals surface area contributed by atoms with Gasteiger partial charge in [0.2, 0.25) is 0 Å². The molecule has 1 saturated heterocycles. The Morgan fingerprint density at radius 1 is 1.42 bits per heavy atom. The lowest BCUT2D eigenvalue weighted by Gasteiger charge is -2.48. The summed E-state index contributed by atoms with van der Waals surface area (Å²) in [6, 6.07) is 7.55. The number of aromatic nitrogens is 2. The summed E-state index contributed by atoms with van der Waals surface area (Å²) >= 11 is 0. The van der Waals surface area contributed by atoms with Crippen LogP contribution in [0.2, 0.25) is 0 Å². The van der Waals surface area contributed by atoms with E-state index in [1.54, 1.807) is 4.90 Å². The van der Waals surface area contributed by atoms with Crippen LogP contribution < -0.4 is 0 Å².